The molecule has 9 heteroatoms. The molecule has 0 unspecified atom stereocenters. The van der Waals surface area contributed by atoms with Crippen LogP contribution in [0.2, 0.25) is 0 Å². The largest absolute Gasteiger partial charge is 0.493 e. The van der Waals surface area contributed by atoms with E-state index in [9.17, 15) is 5.26 Å². The van der Waals surface area contributed by atoms with E-state index in [1.807, 2.05) is 49.4 Å². The van der Waals surface area contributed by atoms with Crippen LogP contribution in [0.3, 0.4) is 0 Å². The summed E-state index contributed by atoms with van der Waals surface area (Å²) in [5, 5.41) is 13.8. The summed E-state index contributed by atoms with van der Waals surface area (Å²) >= 11 is 5.65. The Morgan fingerprint density at radius 2 is 1.94 bits per heavy atom. The molecule has 0 fully saturated rings. The molecule has 170 valence electrons. The molecule has 0 saturated heterocycles. The maximum atomic E-state index is 9.54. The topological polar surface area (TPSA) is 88.8 Å². The first-order valence-electron chi connectivity index (χ1n) is 9.88. The van der Waals surface area contributed by atoms with Gasteiger partial charge in [-0.2, -0.15) is 10.4 Å². The number of aryl methyl sites for hydroxylation is 1. The fourth-order valence-electron chi connectivity index (χ4n) is 3.07. The number of aromatic nitrogens is 1. The van der Waals surface area contributed by atoms with Gasteiger partial charge in [0.2, 0.25) is 0 Å². The molecular formula is C24H22BrIN4O3. The molecule has 0 atom stereocenters. The van der Waals surface area contributed by atoms with Gasteiger partial charge in [0.1, 0.15) is 18.2 Å². The lowest BCUT2D eigenvalue weighted by atomic mass is 10.1. The Bertz CT molecular complexity index is 1190. The van der Waals surface area contributed by atoms with Gasteiger partial charge in [-0.3, -0.25) is 5.43 Å². The van der Waals surface area contributed by atoms with E-state index in [-0.39, 0.29) is 0 Å². The van der Waals surface area contributed by atoms with Crippen LogP contribution in [0.1, 0.15) is 27.9 Å². The van der Waals surface area contributed by atoms with Gasteiger partial charge in [0.05, 0.1) is 23.5 Å². The number of halogens is 2. The Balaban J connectivity index is 1.77. The third-order valence-corrected chi connectivity index (χ3v) is 5.90. The average Bonchev–Trinajstić information content (AvgIpc) is 2.79. The molecule has 0 spiro atoms. The van der Waals surface area contributed by atoms with Crippen LogP contribution < -0.4 is 14.9 Å². The molecule has 0 aliphatic rings. The number of hydrogen-bond acceptors (Lipinski definition) is 7. The van der Waals surface area contributed by atoms with Gasteiger partial charge in [-0.25, -0.2) is 4.98 Å². The standard InChI is InChI=1S/C24H22BrIN4O3/c1-15-8-18(14-31-2)20(11-27)24(29-15)30-28-12-17-9-21(26)23(22(10-17)32-3)33-13-16-4-6-19(25)7-5-16/h4-10,12H,13-14H2,1-3H3,(H,29,30)/b28-12+. The number of methoxy groups -OCH3 is 2. The Kier molecular flexibility index (Phi) is 9.05. The van der Waals surface area contributed by atoms with Gasteiger partial charge in [-0.1, -0.05) is 28.1 Å². The minimum absolute atomic E-state index is 0.321. The number of ether oxygens (including phenoxy) is 3. The SMILES string of the molecule is COCc1cc(C)nc(N/N=C/c2cc(I)c(OCc3ccc(Br)cc3)c(OC)c2)c1C#N. The normalized spacial score (nSPS) is 10.8. The number of rotatable bonds is 9. The molecule has 3 aromatic rings. The van der Waals surface area contributed by atoms with Gasteiger partial charge >= 0.3 is 0 Å². The van der Waals surface area contributed by atoms with Crippen LogP contribution in [0.4, 0.5) is 5.82 Å². The van der Waals surface area contributed by atoms with Crippen molar-refractivity contribution in [2.45, 2.75) is 20.1 Å². The summed E-state index contributed by atoms with van der Waals surface area (Å²) < 4.78 is 18.7. The highest BCUT2D eigenvalue weighted by molar-refractivity contribution is 14.1. The van der Waals surface area contributed by atoms with Crippen LogP contribution in [0.5, 0.6) is 11.5 Å². The van der Waals surface area contributed by atoms with Gasteiger partial charge in [0.15, 0.2) is 17.3 Å². The van der Waals surface area contributed by atoms with E-state index in [4.69, 9.17) is 14.2 Å². The summed E-state index contributed by atoms with van der Waals surface area (Å²) in [4.78, 5) is 4.39. The first-order chi connectivity index (χ1) is 15.9. The van der Waals surface area contributed by atoms with Crippen molar-refractivity contribution in [1.82, 2.24) is 4.98 Å². The number of anilines is 1. The summed E-state index contributed by atoms with van der Waals surface area (Å²) in [6.07, 6.45) is 1.64. The molecule has 0 bridgehead atoms. The highest BCUT2D eigenvalue weighted by atomic mass is 127. The molecule has 0 radical (unpaired) electrons. The lowest BCUT2D eigenvalue weighted by Gasteiger charge is -2.14. The number of hydrogen-bond donors (Lipinski definition) is 1. The zero-order valence-corrected chi connectivity index (χ0v) is 22.1. The van der Waals surface area contributed by atoms with E-state index >= 15 is 0 Å². The quantitative estimate of drug-likeness (QED) is 0.185. The molecule has 0 aliphatic carbocycles. The van der Waals surface area contributed by atoms with Crippen LogP contribution >= 0.6 is 38.5 Å². The Hall–Kier alpha value is -2.68. The van der Waals surface area contributed by atoms with Crippen molar-refractivity contribution in [3.05, 3.63) is 78.5 Å². The van der Waals surface area contributed by atoms with E-state index < -0.39 is 0 Å². The van der Waals surface area contributed by atoms with E-state index in [0.29, 0.717) is 36.1 Å². The van der Waals surface area contributed by atoms with Gasteiger partial charge in [0, 0.05) is 22.8 Å². The Morgan fingerprint density at radius 3 is 2.61 bits per heavy atom. The number of pyridine rings is 1. The van der Waals surface area contributed by atoms with Crippen molar-refractivity contribution < 1.29 is 14.2 Å². The van der Waals surface area contributed by atoms with Gasteiger partial charge < -0.3 is 14.2 Å². The molecule has 7 nitrogen and oxygen atoms in total. The molecule has 1 heterocycles. The molecular weight excluding hydrogens is 599 g/mol. The average molecular weight is 621 g/mol. The van der Waals surface area contributed by atoms with Crippen LogP contribution in [0, 0.1) is 21.8 Å². The van der Waals surface area contributed by atoms with Gasteiger partial charge in [-0.15, -0.1) is 0 Å². The number of nitriles is 1. The molecule has 2 aromatic carbocycles. The van der Waals surface area contributed by atoms with E-state index in [2.05, 4.69) is 60.1 Å². The van der Waals surface area contributed by atoms with Gasteiger partial charge in [-0.05, 0) is 71.0 Å². The number of hydrazone groups is 1. The van der Waals surface area contributed by atoms with Crippen LogP contribution in [-0.2, 0) is 18.0 Å². The molecule has 3 rings (SSSR count). The molecule has 1 N–H and O–H groups in total. The van der Waals surface area contributed by atoms with Crippen LogP contribution in [-0.4, -0.2) is 25.4 Å². The summed E-state index contributed by atoms with van der Waals surface area (Å²) in [5.41, 5.74) is 6.67. The number of benzene rings is 2. The van der Waals surface area contributed by atoms with Crippen LogP contribution in [0.15, 0.2) is 52.0 Å². The monoisotopic (exact) mass is 620 g/mol. The van der Waals surface area contributed by atoms with Crippen molar-refractivity contribution >= 4 is 50.6 Å². The minimum Gasteiger partial charge on any atom is -0.493 e. The fraction of sp³-hybridized carbons (Fsp3) is 0.208. The van der Waals surface area contributed by atoms with Crippen molar-refractivity contribution in [3.63, 3.8) is 0 Å². The van der Waals surface area contributed by atoms with E-state index in [1.165, 1.54) is 0 Å². The lowest BCUT2D eigenvalue weighted by molar-refractivity contribution is 0.184. The highest BCUT2D eigenvalue weighted by Crippen LogP contribution is 2.34. The van der Waals surface area contributed by atoms with Crippen molar-refractivity contribution in [1.29, 1.82) is 5.26 Å². The molecule has 33 heavy (non-hydrogen) atoms. The molecule has 0 saturated carbocycles. The zero-order valence-electron chi connectivity index (χ0n) is 18.4. The fourth-order valence-corrected chi connectivity index (χ4v) is 4.12. The number of nitrogens with one attached hydrogen (secondary N) is 1. The van der Waals surface area contributed by atoms with E-state index in [0.717, 1.165) is 30.4 Å². The summed E-state index contributed by atoms with van der Waals surface area (Å²) in [7, 11) is 3.19. The maximum absolute atomic E-state index is 9.54. The Labute approximate surface area is 215 Å². The second-order valence-corrected chi connectivity index (χ2v) is 9.09. The predicted octanol–water partition coefficient (Wildman–Crippen LogP) is 5.81. The molecule has 0 amide bonds. The second-order valence-electron chi connectivity index (χ2n) is 7.01. The van der Waals surface area contributed by atoms with Crippen LogP contribution in [0.25, 0.3) is 0 Å². The first kappa shape index (κ1) is 25.0. The third-order valence-electron chi connectivity index (χ3n) is 4.57. The summed E-state index contributed by atoms with van der Waals surface area (Å²) in [6, 6.07) is 15.7. The third kappa shape index (κ3) is 6.66. The smallest absolute Gasteiger partial charge is 0.174 e. The second kappa shape index (κ2) is 12.0. The number of nitrogens with zero attached hydrogens (tertiary/aromatic N) is 3. The zero-order chi connectivity index (χ0) is 23.8. The van der Waals surface area contributed by atoms with Crippen molar-refractivity contribution in [2.75, 3.05) is 19.6 Å². The molecule has 1 aromatic heterocycles. The van der Waals surface area contributed by atoms with Crippen molar-refractivity contribution in [3.8, 4) is 17.6 Å². The predicted molar refractivity (Wildman–Crippen MR) is 140 cm³/mol. The lowest BCUT2D eigenvalue weighted by Crippen LogP contribution is -2.04. The van der Waals surface area contributed by atoms with Crippen molar-refractivity contribution in [2.24, 2.45) is 5.10 Å². The maximum Gasteiger partial charge on any atom is 0.174 e. The summed E-state index contributed by atoms with van der Waals surface area (Å²) in [6.45, 7) is 2.60. The first-order valence-corrected chi connectivity index (χ1v) is 11.8. The van der Waals surface area contributed by atoms with E-state index in [1.54, 1.807) is 20.4 Å². The Morgan fingerprint density at radius 1 is 1.18 bits per heavy atom. The molecule has 0 aliphatic heterocycles. The van der Waals surface area contributed by atoms with Gasteiger partial charge in [0.25, 0.3) is 0 Å². The summed E-state index contributed by atoms with van der Waals surface area (Å²) in [5.74, 6) is 1.66. The minimum atomic E-state index is 0.321. The highest BCUT2D eigenvalue weighted by Gasteiger charge is 2.13.